The van der Waals surface area contributed by atoms with Crippen LogP contribution >= 0.6 is 0 Å². The Kier molecular flexibility index (Phi) is 6.07. The van der Waals surface area contributed by atoms with Crippen LogP contribution in [-0.2, 0) is 22.4 Å². The van der Waals surface area contributed by atoms with Gasteiger partial charge >= 0.3 is 5.97 Å². The second-order valence-corrected chi connectivity index (χ2v) is 5.76. The number of carbonyl (C=O) groups excluding carboxylic acids is 1. The molecule has 2 rings (SSSR count). The third-order valence-corrected chi connectivity index (χ3v) is 3.67. The average molecular weight is 329 g/mol. The van der Waals surface area contributed by atoms with E-state index in [2.05, 4.69) is 5.32 Å². The molecule has 24 heavy (non-hydrogen) atoms. The molecule has 2 N–H and O–H groups in total. The lowest BCUT2D eigenvalue weighted by atomic mass is 10.1. The molecule has 0 aromatic heterocycles. The first-order valence-corrected chi connectivity index (χ1v) is 7.79. The van der Waals surface area contributed by atoms with Gasteiger partial charge in [-0.15, -0.1) is 0 Å². The number of carbonyl (C=O) groups is 2. The highest BCUT2D eigenvalue weighted by atomic mass is 19.1. The van der Waals surface area contributed by atoms with Gasteiger partial charge in [-0.1, -0.05) is 35.9 Å². The van der Waals surface area contributed by atoms with Crippen LogP contribution in [0.5, 0.6) is 0 Å². The minimum absolute atomic E-state index is 0.0971. The third-order valence-electron chi connectivity index (χ3n) is 3.67. The SMILES string of the molecule is Cc1ccc(CCCC(=O)Nc2ccc(CC(=O)O)c(F)c2)cc1. The van der Waals surface area contributed by atoms with Gasteiger partial charge in [0, 0.05) is 12.1 Å². The first-order chi connectivity index (χ1) is 11.4. The van der Waals surface area contributed by atoms with Crippen molar-refractivity contribution in [2.24, 2.45) is 0 Å². The lowest BCUT2D eigenvalue weighted by Crippen LogP contribution is -2.12. The van der Waals surface area contributed by atoms with Crippen LogP contribution in [0.4, 0.5) is 10.1 Å². The molecule has 0 spiro atoms. The molecule has 5 heteroatoms. The third kappa shape index (κ3) is 5.50. The van der Waals surface area contributed by atoms with E-state index in [9.17, 15) is 14.0 Å². The Bertz CT molecular complexity index is 726. The zero-order valence-corrected chi connectivity index (χ0v) is 13.5. The molecule has 0 aliphatic rings. The molecule has 0 saturated heterocycles. The van der Waals surface area contributed by atoms with E-state index in [0.29, 0.717) is 18.5 Å². The molecule has 0 heterocycles. The van der Waals surface area contributed by atoms with Crippen LogP contribution in [0, 0.1) is 12.7 Å². The van der Waals surface area contributed by atoms with E-state index in [1.54, 1.807) is 0 Å². The van der Waals surface area contributed by atoms with Crippen LogP contribution in [0.3, 0.4) is 0 Å². The predicted octanol–water partition coefficient (Wildman–Crippen LogP) is 3.72. The molecule has 4 nitrogen and oxygen atoms in total. The fourth-order valence-electron chi connectivity index (χ4n) is 2.36. The van der Waals surface area contributed by atoms with Crippen LogP contribution in [-0.4, -0.2) is 17.0 Å². The van der Waals surface area contributed by atoms with Gasteiger partial charge in [0.2, 0.25) is 5.91 Å². The van der Waals surface area contributed by atoms with Crippen LogP contribution < -0.4 is 5.32 Å². The van der Waals surface area contributed by atoms with Gasteiger partial charge in [-0.2, -0.15) is 0 Å². The van der Waals surface area contributed by atoms with Crippen molar-refractivity contribution >= 4 is 17.6 Å². The van der Waals surface area contributed by atoms with E-state index >= 15 is 0 Å². The van der Waals surface area contributed by atoms with E-state index in [1.165, 1.54) is 23.3 Å². The zero-order chi connectivity index (χ0) is 17.5. The molecule has 0 saturated carbocycles. The van der Waals surface area contributed by atoms with Gasteiger partial charge < -0.3 is 10.4 Å². The summed E-state index contributed by atoms with van der Waals surface area (Å²) in [6, 6.07) is 12.2. The van der Waals surface area contributed by atoms with Crippen LogP contribution in [0.1, 0.15) is 29.5 Å². The maximum absolute atomic E-state index is 13.8. The first kappa shape index (κ1) is 17.7. The van der Waals surface area contributed by atoms with Crippen molar-refractivity contribution in [3.63, 3.8) is 0 Å². The molecule has 2 aromatic rings. The summed E-state index contributed by atoms with van der Waals surface area (Å²) in [6.07, 6.45) is 1.47. The van der Waals surface area contributed by atoms with E-state index in [1.807, 2.05) is 31.2 Å². The molecule has 2 aromatic carbocycles. The van der Waals surface area contributed by atoms with E-state index in [0.717, 1.165) is 12.5 Å². The molecule has 0 fully saturated rings. The average Bonchev–Trinajstić information content (AvgIpc) is 2.51. The van der Waals surface area contributed by atoms with Crippen molar-refractivity contribution in [3.05, 3.63) is 65.0 Å². The number of aryl methyl sites for hydroxylation is 2. The van der Waals surface area contributed by atoms with Gasteiger partial charge in [-0.25, -0.2) is 4.39 Å². The Morgan fingerprint density at radius 3 is 2.46 bits per heavy atom. The van der Waals surface area contributed by atoms with E-state index in [-0.39, 0.29) is 17.9 Å². The van der Waals surface area contributed by atoms with E-state index < -0.39 is 11.8 Å². The summed E-state index contributed by atoms with van der Waals surface area (Å²) in [5.74, 6) is -1.91. The highest BCUT2D eigenvalue weighted by molar-refractivity contribution is 5.90. The maximum atomic E-state index is 13.8. The number of hydrogen-bond donors (Lipinski definition) is 2. The quantitative estimate of drug-likeness (QED) is 0.813. The number of halogens is 1. The van der Waals surface area contributed by atoms with Gasteiger partial charge in [0.1, 0.15) is 5.82 Å². The van der Waals surface area contributed by atoms with Crippen LogP contribution in [0.25, 0.3) is 0 Å². The minimum Gasteiger partial charge on any atom is -0.481 e. The van der Waals surface area contributed by atoms with E-state index in [4.69, 9.17) is 5.11 Å². The molecule has 0 aliphatic carbocycles. The van der Waals surface area contributed by atoms with Crippen molar-refractivity contribution in [2.45, 2.75) is 32.6 Å². The zero-order valence-electron chi connectivity index (χ0n) is 13.5. The first-order valence-electron chi connectivity index (χ1n) is 7.79. The van der Waals surface area contributed by atoms with Crippen molar-refractivity contribution in [1.82, 2.24) is 0 Å². The molecule has 0 unspecified atom stereocenters. The van der Waals surface area contributed by atoms with Gasteiger partial charge in [-0.3, -0.25) is 9.59 Å². The van der Waals surface area contributed by atoms with Crippen LogP contribution in [0.15, 0.2) is 42.5 Å². The van der Waals surface area contributed by atoms with Gasteiger partial charge in [0.25, 0.3) is 0 Å². The number of aliphatic carboxylic acids is 1. The Morgan fingerprint density at radius 2 is 1.83 bits per heavy atom. The molecule has 126 valence electrons. The molecular weight excluding hydrogens is 309 g/mol. The smallest absolute Gasteiger partial charge is 0.307 e. The Hall–Kier alpha value is -2.69. The number of amides is 1. The highest BCUT2D eigenvalue weighted by Gasteiger charge is 2.09. The summed E-state index contributed by atoms with van der Waals surface area (Å²) in [7, 11) is 0. The Labute approximate surface area is 140 Å². The molecule has 1 amide bonds. The number of carboxylic acids is 1. The maximum Gasteiger partial charge on any atom is 0.307 e. The van der Waals surface area contributed by atoms with Crippen molar-refractivity contribution in [2.75, 3.05) is 5.32 Å². The van der Waals surface area contributed by atoms with Crippen LogP contribution in [0.2, 0.25) is 0 Å². The second-order valence-electron chi connectivity index (χ2n) is 5.76. The molecule has 0 aliphatic heterocycles. The molecule has 0 bridgehead atoms. The Balaban J connectivity index is 1.82. The lowest BCUT2D eigenvalue weighted by molar-refractivity contribution is -0.136. The second kappa shape index (κ2) is 8.24. The number of hydrogen-bond acceptors (Lipinski definition) is 2. The number of anilines is 1. The summed E-state index contributed by atoms with van der Waals surface area (Å²) in [6.45, 7) is 2.03. The van der Waals surface area contributed by atoms with Gasteiger partial charge in [0.15, 0.2) is 0 Å². The summed E-state index contributed by atoms with van der Waals surface area (Å²) in [5.41, 5.74) is 2.81. The number of benzene rings is 2. The lowest BCUT2D eigenvalue weighted by Gasteiger charge is -2.07. The minimum atomic E-state index is -1.10. The molecule has 0 radical (unpaired) electrons. The summed E-state index contributed by atoms with van der Waals surface area (Å²) in [5, 5.41) is 11.3. The summed E-state index contributed by atoms with van der Waals surface area (Å²) < 4.78 is 13.8. The van der Waals surface area contributed by atoms with Crippen molar-refractivity contribution in [1.29, 1.82) is 0 Å². The van der Waals surface area contributed by atoms with Gasteiger partial charge in [-0.05, 0) is 43.0 Å². The Morgan fingerprint density at radius 1 is 1.12 bits per heavy atom. The fraction of sp³-hybridized carbons (Fsp3) is 0.263. The fourth-order valence-corrected chi connectivity index (χ4v) is 2.36. The van der Waals surface area contributed by atoms with Crippen molar-refractivity contribution in [3.8, 4) is 0 Å². The molecule has 0 atom stereocenters. The number of nitrogens with one attached hydrogen (secondary N) is 1. The largest absolute Gasteiger partial charge is 0.481 e. The van der Waals surface area contributed by atoms with Gasteiger partial charge in [0.05, 0.1) is 6.42 Å². The van der Waals surface area contributed by atoms with Crippen molar-refractivity contribution < 1.29 is 19.1 Å². The molecular formula is C19H20FNO3. The summed E-state index contributed by atoms with van der Waals surface area (Å²) in [4.78, 5) is 22.5. The monoisotopic (exact) mass is 329 g/mol. The standard InChI is InChI=1S/C19H20FNO3/c1-13-5-7-14(8-6-13)3-2-4-18(22)21-16-10-9-15(11-19(23)24)17(20)12-16/h5-10,12H,2-4,11H2,1H3,(H,21,22)(H,23,24). The summed E-state index contributed by atoms with van der Waals surface area (Å²) >= 11 is 0. The highest BCUT2D eigenvalue weighted by Crippen LogP contribution is 2.16. The normalized spacial score (nSPS) is 10.4. The topological polar surface area (TPSA) is 66.4 Å². The number of rotatable bonds is 7. The predicted molar refractivity (Wildman–Crippen MR) is 90.5 cm³/mol. The number of carboxylic acid groups (broad SMARTS) is 1.